The largest absolute Gasteiger partial charge is 0.378 e. The molecule has 1 aliphatic rings. The number of anilines is 2. The summed E-state index contributed by atoms with van der Waals surface area (Å²) in [6.45, 7) is 2.86. The Bertz CT molecular complexity index is 1010. The van der Waals surface area contributed by atoms with Crippen molar-refractivity contribution in [3.8, 4) is 11.1 Å². The maximum atomic E-state index is 12.3. The van der Waals surface area contributed by atoms with Gasteiger partial charge in [-0.15, -0.1) is 0 Å². The highest BCUT2D eigenvalue weighted by atomic mass is 16.5. The van der Waals surface area contributed by atoms with E-state index in [0.29, 0.717) is 24.5 Å². The average molecular weight is 416 g/mol. The summed E-state index contributed by atoms with van der Waals surface area (Å²) < 4.78 is 5.34. The van der Waals surface area contributed by atoms with Crippen LogP contribution in [0.1, 0.15) is 10.4 Å². The summed E-state index contributed by atoms with van der Waals surface area (Å²) in [6, 6.07) is 20.9. The Labute approximate surface area is 181 Å². The highest BCUT2D eigenvalue weighted by Gasteiger charge is 2.13. The third-order valence-electron chi connectivity index (χ3n) is 5.03. The summed E-state index contributed by atoms with van der Waals surface area (Å²) in [5.41, 5.74) is 3.21. The van der Waals surface area contributed by atoms with Gasteiger partial charge in [-0.25, -0.2) is 4.98 Å². The van der Waals surface area contributed by atoms with Gasteiger partial charge in [0, 0.05) is 18.7 Å². The number of morpholine rings is 1. The number of nitrogens with one attached hydrogen (secondary N) is 2. The number of benzene rings is 2. The quantitative estimate of drug-likeness (QED) is 0.646. The fraction of sp³-hybridized carbons (Fsp3) is 0.208. The van der Waals surface area contributed by atoms with E-state index in [1.807, 2.05) is 48.5 Å². The topological polar surface area (TPSA) is 83.6 Å². The number of carbonyl (C=O) groups excluding carboxylic acids is 2. The van der Waals surface area contributed by atoms with Crippen molar-refractivity contribution in [3.63, 3.8) is 0 Å². The number of aromatic nitrogens is 1. The van der Waals surface area contributed by atoms with Gasteiger partial charge in [0.15, 0.2) is 0 Å². The van der Waals surface area contributed by atoms with E-state index in [0.717, 1.165) is 30.0 Å². The molecule has 1 fully saturated rings. The van der Waals surface area contributed by atoms with Gasteiger partial charge in [0.1, 0.15) is 5.82 Å². The number of ether oxygens (including phenoxy) is 1. The van der Waals surface area contributed by atoms with Crippen LogP contribution in [0.2, 0.25) is 0 Å². The Morgan fingerprint density at radius 3 is 2.29 bits per heavy atom. The molecule has 0 bridgehead atoms. The van der Waals surface area contributed by atoms with E-state index in [-0.39, 0.29) is 18.4 Å². The first kappa shape index (κ1) is 20.6. The smallest absolute Gasteiger partial charge is 0.251 e. The van der Waals surface area contributed by atoms with Crippen LogP contribution in [0.3, 0.4) is 0 Å². The monoisotopic (exact) mass is 416 g/mol. The van der Waals surface area contributed by atoms with Crippen LogP contribution >= 0.6 is 0 Å². The zero-order valence-corrected chi connectivity index (χ0v) is 17.1. The van der Waals surface area contributed by atoms with Gasteiger partial charge in [-0.2, -0.15) is 0 Å². The molecule has 2 heterocycles. The first-order chi connectivity index (χ1) is 15.2. The number of rotatable bonds is 6. The van der Waals surface area contributed by atoms with Crippen molar-refractivity contribution in [2.75, 3.05) is 43.1 Å². The second kappa shape index (κ2) is 9.86. The molecule has 1 saturated heterocycles. The number of nitrogens with zero attached hydrogens (tertiary/aromatic N) is 2. The number of hydrogen-bond donors (Lipinski definition) is 2. The van der Waals surface area contributed by atoms with Gasteiger partial charge in [0.2, 0.25) is 5.91 Å². The van der Waals surface area contributed by atoms with E-state index in [1.165, 1.54) is 0 Å². The van der Waals surface area contributed by atoms with Crippen molar-refractivity contribution in [2.45, 2.75) is 0 Å². The highest BCUT2D eigenvalue weighted by Crippen LogP contribution is 2.19. The molecule has 2 aromatic carbocycles. The molecule has 7 heteroatoms. The van der Waals surface area contributed by atoms with Crippen LogP contribution < -0.4 is 15.5 Å². The zero-order valence-electron chi connectivity index (χ0n) is 17.1. The summed E-state index contributed by atoms with van der Waals surface area (Å²) in [5.74, 6) is 0.249. The van der Waals surface area contributed by atoms with Gasteiger partial charge in [-0.05, 0) is 35.4 Å². The number of amides is 2. The maximum absolute atomic E-state index is 12.3. The van der Waals surface area contributed by atoms with Crippen LogP contribution in [0.5, 0.6) is 0 Å². The first-order valence-electron chi connectivity index (χ1n) is 10.2. The molecule has 0 spiro atoms. The minimum Gasteiger partial charge on any atom is -0.378 e. The van der Waals surface area contributed by atoms with Crippen molar-refractivity contribution in [2.24, 2.45) is 0 Å². The van der Waals surface area contributed by atoms with Crippen molar-refractivity contribution in [1.29, 1.82) is 0 Å². The summed E-state index contributed by atoms with van der Waals surface area (Å²) in [6.07, 6.45) is 1.62. The van der Waals surface area contributed by atoms with Crippen LogP contribution in [0.25, 0.3) is 11.1 Å². The normalized spacial score (nSPS) is 13.5. The second-order valence-corrected chi connectivity index (χ2v) is 7.18. The molecule has 2 amide bonds. The highest BCUT2D eigenvalue weighted by molar-refractivity contribution is 5.99. The van der Waals surface area contributed by atoms with Gasteiger partial charge in [-0.3, -0.25) is 9.59 Å². The third kappa shape index (κ3) is 5.46. The van der Waals surface area contributed by atoms with Gasteiger partial charge >= 0.3 is 0 Å². The summed E-state index contributed by atoms with van der Waals surface area (Å²) in [5, 5.41) is 5.40. The Kier molecular flexibility index (Phi) is 6.54. The summed E-state index contributed by atoms with van der Waals surface area (Å²) in [4.78, 5) is 31.1. The van der Waals surface area contributed by atoms with Crippen molar-refractivity contribution in [1.82, 2.24) is 10.3 Å². The number of pyridine rings is 1. The average Bonchev–Trinajstić information content (AvgIpc) is 2.84. The lowest BCUT2D eigenvalue weighted by atomic mass is 10.0. The Morgan fingerprint density at radius 1 is 0.903 bits per heavy atom. The molecule has 4 rings (SSSR count). The van der Waals surface area contributed by atoms with Gasteiger partial charge in [0.05, 0.1) is 31.6 Å². The fourth-order valence-corrected chi connectivity index (χ4v) is 3.35. The lowest BCUT2D eigenvalue weighted by Gasteiger charge is -2.27. The predicted molar refractivity (Wildman–Crippen MR) is 120 cm³/mol. The molecule has 0 aliphatic carbocycles. The van der Waals surface area contributed by atoms with Gasteiger partial charge < -0.3 is 20.3 Å². The SMILES string of the molecule is O=C(CNC(=O)c1ccc(-c2ccccc2)cc1)Nc1ccc(N2CCOCC2)nc1. The van der Waals surface area contributed by atoms with Crippen LogP contribution in [0.15, 0.2) is 72.9 Å². The minimum absolute atomic E-state index is 0.121. The van der Waals surface area contributed by atoms with E-state index in [1.54, 1.807) is 24.4 Å². The standard InChI is InChI=1S/C24H24N4O3/c29-23(27-21-10-11-22(25-16-21)28-12-14-31-15-13-28)17-26-24(30)20-8-6-19(7-9-20)18-4-2-1-3-5-18/h1-11,16H,12-15,17H2,(H,26,30)(H,27,29). The van der Waals surface area contributed by atoms with E-state index >= 15 is 0 Å². The molecule has 0 atom stereocenters. The molecule has 1 aromatic heterocycles. The van der Waals surface area contributed by atoms with E-state index < -0.39 is 0 Å². The van der Waals surface area contributed by atoms with E-state index in [9.17, 15) is 9.59 Å². The van der Waals surface area contributed by atoms with Crippen LogP contribution in [0.4, 0.5) is 11.5 Å². The van der Waals surface area contributed by atoms with Crippen LogP contribution in [-0.4, -0.2) is 49.6 Å². The molecule has 0 radical (unpaired) electrons. The molecule has 1 aliphatic heterocycles. The number of carbonyl (C=O) groups is 2. The summed E-state index contributed by atoms with van der Waals surface area (Å²) in [7, 11) is 0. The Morgan fingerprint density at radius 2 is 1.61 bits per heavy atom. The fourth-order valence-electron chi connectivity index (χ4n) is 3.35. The molecule has 3 aromatic rings. The third-order valence-corrected chi connectivity index (χ3v) is 5.03. The molecule has 158 valence electrons. The van der Waals surface area contributed by atoms with Crippen molar-refractivity contribution in [3.05, 3.63) is 78.5 Å². The van der Waals surface area contributed by atoms with Gasteiger partial charge in [-0.1, -0.05) is 42.5 Å². The predicted octanol–water partition coefficient (Wildman–Crippen LogP) is 2.95. The van der Waals surface area contributed by atoms with E-state index in [2.05, 4.69) is 20.5 Å². The Balaban J connectivity index is 1.27. The molecular weight excluding hydrogens is 392 g/mol. The van der Waals surface area contributed by atoms with Gasteiger partial charge in [0.25, 0.3) is 5.91 Å². The van der Waals surface area contributed by atoms with Crippen LogP contribution in [-0.2, 0) is 9.53 Å². The van der Waals surface area contributed by atoms with Crippen molar-refractivity contribution >= 4 is 23.3 Å². The molecule has 0 unspecified atom stereocenters. The zero-order chi connectivity index (χ0) is 21.5. The van der Waals surface area contributed by atoms with E-state index in [4.69, 9.17) is 4.74 Å². The maximum Gasteiger partial charge on any atom is 0.251 e. The molecule has 31 heavy (non-hydrogen) atoms. The summed E-state index contributed by atoms with van der Waals surface area (Å²) >= 11 is 0. The molecular formula is C24H24N4O3. The molecule has 0 saturated carbocycles. The molecule has 2 N–H and O–H groups in total. The number of hydrogen-bond acceptors (Lipinski definition) is 5. The van der Waals surface area contributed by atoms with Crippen molar-refractivity contribution < 1.29 is 14.3 Å². The minimum atomic E-state index is -0.310. The first-order valence-corrected chi connectivity index (χ1v) is 10.2. The lowest BCUT2D eigenvalue weighted by Crippen LogP contribution is -2.36. The Hall–Kier alpha value is -3.71. The van der Waals surface area contributed by atoms with Crippen LogP contribution in [0, 0.1) is 0 Å². The molecule has 7 nitrogen and oxygen atoms in total. The lowest BCUT2D eigenvalue weighted by molar-refractivity contribution is -0.115. The second-order valence-electron chi connectivity index (χ2n) is 7.18.